The average molecular weight is 303 g/mol. The van der Waals surface area contributed by atoms with Crippen LogP contribution in [0.3, 0.4) is 0 Å². The van der Waals surface area contributed by atoms with Crippen molar-refractivity contribution < 1.29 is 4.74 Å². The first-order valence-corrected chi connectivity index (χ1v) is 7.85. The third-order valence-corrected chi connectivity index (χ3v) is 3.89. The van der Waals surface area contributed by atoms with E-state index < -0.39 is 0 Å². The molecule has 0 aromatic carbocycles. The Morgan fingerprint density at radius 1 is 1.38 bits per heavy atom. The molecule has 7 heteroatoms. The van der Waals surface area contributed by atoms with Gasteiger partial charge in [-0.05, 0) is 17.9 Å². The summed E-state index contributed by atoms with van der Waals surface area (Å²) < 4.78 is 5.82. The summed E-state index contributed by atoms with van der Waals surface area (Å²) >= 11 is 1.73. The van der Waals surface area contributed by atoms with E-state index in [-0.39, 0.29) is 0 Å². The number of rotatable bonds is 7. The summed E-state index contributed by atoms with van der Waals surface area (Å²) in [5.74, 6) is 1.11. The summed E-state index contributed by atoms with van der Waals surface area (Å²) in [7, 11) is 0. The molecular formula is C14H17N5OS. The molecule has 0 bridgehead atoms. The first-order valence-electron chi connectivity index (χ1n) is 6.97. The van der Waals surface area contributed by atoms with Crippen LogP contribution in [0, 0.1) is 0 Å². The third-order valence-electron chi connectivity index (χ3n) is 2.95. The number of thiophene rings is 1. The van der Waals surface area contributed by atoms with E-state index >= 15 is 0 Å². The van der Waals surface area contributed by atoms with Crippen molar-refractivity contribution in [2.45, 2.75) is 19.8 Å². The maximum atomic E-state index is 5.82. The number of nitrogens with one attached hydrogen (secondary N) is 2. The largest absolute Gasteiger partial charge is 0.476 e. The molecule has 0 atom stereocenters. The predicted molar refractivity (Wildman–Crippen MR) is 84.0 cm³/mol. The van der Waals surface area contributed by atoms with Gasteiger partial charge in [-0.2, -0.15) is 9.97 Å². The number of anilines is 1. The zero-order chi connectivity index (χ0) is 14.5. The molecule has 0 aliphatic rings. The topological polar surface area (TPSA) is 75.7 Å². The first kappa shape index (κ1) is 13.8. The molecule has 0 unspecified atom stereocenters. The van der Waals surface area contributed by atoms with Crippen LogP contribution in [0.5, 0.6) is 5.88 Å². The van der Waals surface area contributed by atoms with E-state index in [1.165, 1.54) is 4.88 Å². The minimum absolute atomic E-state index is 0.549. The summed E-state index contributed by atoms with van der Waals surface area (Å²) in [6.45, 7) is 3.50. The Morgan fingerprint density at radius 2 is 2.33 bits per heavy atom. The Labute approximate surface area is 126 Å². The molecule has 2 N–H and O–H groups in total. The highest BCUT2D eigenvalue weighted by atomic mass is 32.1. The van der Waals surface area contributed by atoms with Crippen LogP contribution in [0.4, 0.5) is 5.95 Å². The lowest BCUT2D eigenvalue weighted by Crippen LogP contribution is -2.08. The molecule has 6 nitrogen and oxygen atoms in total. The average Bonchev–Trinajstić information content (AvgIpc) is 3.15. The summed E-state index contributed by atoms with van der Waals surface area (Å²) in [5.41, 5.74) is 1.36. The van der Waals surface area contributed by atoms with Crippen molar-refractivity contribution in [2.75, 3.05) is 18.5 Å². The van der Waals surface area contributed by atoms with Crippen LogP contribution in [0.1, 0.15) is 18.2 Å². The second-order valence-electron chi connectivity index (χ2n) is 4.56. The normalized spacial score (nSPS) is 10.9. The minimum atomic E-state index is 0.549. The van der Waals surface area contributed by atoms with Crippen LogP contribution in [0.15, 0.2) is 23.8 Å². The Kier molecular flexibility index (Phi) is 4.30. The van der Waals surface area contributed by atoms with E-state index in [1.807, 2.05) is 6.07 Å². The van der Waals surface area contributed by atoms with Crippen LogP contribution in [0.2, 0.25) is 0 Å². The highest BCUT2D eigenvalue weighted by Gasteiger charge is 2.11. The fourth-order valence-corrected chi connectivity index (χ4v) is 2.62. The molecule has 3 aromatic heterocycles. The number of nitrogens with zero attached hydrogens (tertiary/aromatic N) is 3. The number of imidazole rings is 1. The summed E-state index contributed by atoms with van der Waals surface area (Å²) in [4.78, 5) is 17.3. The van der Waals surface area contributed by atoms with Gasteiger partial charge in [0.05, 0.1) is 12.9 Å². The number of aromatic nitrogens is 4. The number of ether oxygens (including phenoxy) is 1. The lowest BCUT2D eigenvalue weighted by molar-refractivity contribution is 0.314. The molecule has 21 heavy (non-hydrogen) atoms. The fourth-order valence-electron chi connectivity index (χ4n) is 1.93. The lowest BCUT2D eigenvalue weighted by Gasteiger charge is -2.08. The Bertz CT molecular complexity index is 695. The fraction of sp³-hybridized carbons (Fsp3) is 0.357. The summed E-state index contributed by atoms with van der Waals surface area (Å²) in [6.07, 6.45) is 3.49. The molecule has 0 aliphatic heterocycles. The van der Waals surface area contributed by atoms with Crippen molar-refractivity contribution in [3.63, 3.8) is 0 Å². The van der Waals surface area contributed by atoms with Gasteiger partial charge in [0, 0.05) is 17.8 Å². The molecule has 110 valence electrons. The monoisotopic (exact) mass is 303 g/mol. The van der Waals surface area contributed by atoms with Crippen molar-refractivity contribution in [3.05, 3.63) is 28.7 Å². The SMILES string of the molecule is CCCNc1nc(OCCc2cccs2)c2[nH]cnc2n1. The molecule has 3 heterocycles. The van der Waals surface area contributed by atoms with Crippen molar-refractivity contribution in [1.29, 1.82) is 0 Å². The Hall–Kier alpha value is -2.15. The molecule has 3 aromatic rings. The standard InChI is InChI=1S/C14H17N5OS/c1-2-6-15-14-18-12-11(16-9-17-12)13(19-14)20-7-5-10-4-3-8-21-10/h3-4,8-9H,2,5-7H2,1H3,(H2,15,16,17,18,19). The van der Waals surface area contributed by atoms with Gasteiger partial charge in [0.15, 0.2) is 5.65 Å². The summed E-state index contributed by atoms with van der Waals surface area (Å²) in [5, 5.41) is 5.24. The van der Waals surface area contributed by atoms with Crippen LogP contribution in [0.25, 0.3) is 11.2 Å². The van der Waals surface area contributed by atoms with E-state index in [2.05, 4.69) is 43.6 Å². The lowest BCUT2D eigenvalue weighted by atomic mass is 10.4. The Balaban J connectivity index is 1.74. The van der Waals surface area contributed by atoms with Gasteiger partial charge in [-0.1, -0.05) is 13.0 Å². The molecular weight excluding hydrogens is 286 g/mol. The Morgan fingerprint density at radius 3 is 3.14 bits per heavy atom. The quantitative estimate of drug-likeness (QED) is 0.702. The van der Waals surface area contributed by atoms with E-state index in [0.29, 0.717) is 24.1 Å². The van der Waals surface area contributed by atoms with E-state index in [1.54, 1.807) is 17.7 Å². The minimum Gasteiger partial charge on any atom is -0.476 e. The van der Waals surface area contributed by atoms with Gasteiger partial charge in [0.2, 0.25) is 11.8 Å². The van der Waals surface area contributed by atoms with Crippen LogP contribution in [-0.2, 0) is 6.42 Å². The number of hydrogen-bond acceptors (Lipinski definition) is 6. The van der Waals surface area contributed by atoms with Gasteiger partial charge in [-0.25, -0.2) is 4.98 Å². The molecule has 3 rings (SSSR count). The van der Waals surface area contributed by atoms with Crippen molar-refractivity contribution >= 4 is 28.4 Å². The zero-order valence-electron chi connectivity index (χ0n) is 11.8. The second-order valence-corrected chi connectivity index (χ2v) is 5.59. The van der Waals surface area contributed by atoms with E-state index in [0.717, 1.165) is 24.9 Å². The van der Waals surface area contributed by atoms with Gasteiger partial charge in [-0.15, -0.1) is 11.3 Å². The van der Waals surface area contributed by atoms with Gasteiger partial charge in [0.1, 0.15) is 5.52 Å². The van der Waals surface area contributed by atoms with Crippen molar-refractivity contribution in [3.8, 4) is 5.88 Å². The number of fused-ring (bicyclic) bond motifs is 1. The number of hydrogen-bond donors (Lipinski definition) is 2. The molecule has 0 aliphatic carbocycles. The molecule has 0 amide bonds. The van der Waals surface area contributed by atoms with Crippen LogP contribution < -0.4 is 10.1 Å². The maximum absolute atomic E-state index is 5.82. The molecule has 0 spiro atoms. The predicted octanol–water partition coefficient (Wildman–Crippen LogP) is 2.86. The molecule has 0 radical (unpaired) electrons. The van der Waals surface area contributed by atoms with E-state index in [9.17, 15) is 0 Å². The van der Waals surface area contributed by atoms with E-state index in [4.69, 9.17) is 4.74 Å². The van der Waals surface area contributed by atoms with Crippen LogP contribution in [-0.4, -0.2) is 33.1 Å². The maximum Gasteiger partial charge on any atom is 0.245 e. The van der Waals surface area contributed by atoms with Crippen LogP contribution >= 0.6 is 11.3 Å². The first-order chi connectivity index (χ1) is 10.4. The smallest absolute Gasteiger partial charge is 0.245 e. The highest BCUT2D eigenvalue weighted by Crippen LogP contribution is 2.21. The number of H-pyrrole nitrogens is 1. The highest BCUT2D eigenvalue weighted by molar-refractivity contribution is 7.09. The molecule has 0 saturated carbocycles. The summed E-state index contributed by atoms with van der Waals surface area (Å²) in [6, 6.07) is 4.15. The second kappa shape index (κ2) is 6.53. The number of aromatic amines is 1. The molecule has 0 fully saturated rings. The van der Waals surface area contributed by atoms with Gasteiger partial charge < -0.3 is 15.0 Å². The third kappa shape index (κ3) is 3.30. The van der Waals surface area contributed by atoms with Gasteiger partial charge in [-0.3, -0.25) is 0 Å². The zero-order valence-corrected chi connectivity index (χ0v) is 12.6. The molecule has 0 saturated heterocycles. The van der Waals surface area contributed by atoms with Crippen molar-refractivity contribution in [1.82, 2.24) is 19.9 Å². The van der Waals surface area contributed by atoms with Crippen molar-refractivity contribution in [2.24, 2.45) is 0 Å². The van der Waals surface area contributed by atoms with Gasteiger partial charge >= 0.3 is 0 Å². The van der Waals surface area contributed by atoms with Gasteiger partial charge in [0.25, 0.3) is 0 Å².